The molecule has 96 valence electrons. The summed E-state index contributed by atoms with van der Waals surface area (Å²) in [6.07, 6.45) is 2.40. The summed E-state index contributed by atoms with van der Waals surface area (Å²) in [6.45, 7) is 6.18. The summed E-state index contributed by atoms with van der Waals surface area (Å²) in [6, 6.07) is 10.4. The van der Waals surface area contributed by atoms with Crippen LogP contribution in [0.4, 0.5) is 0 Å². The van der Waals surface area contributed by atoms with Gasteiger partial charge in [0.05, 0.1) is 6.61 Å². The van der Waals surface area contributed by atoms with Crippen molar-refractivity contribution in [2.75, 3.05) is 11.9 Å². The lowest BCUT2D eigenvalue weighted by Gasteiger charge is -2.17. The molecule has 0 N–H and O–H groups in total. The van der Waals surface area contributed by atoms with E-state index in [-0.39, 0.29) is 0 Å². The number of hydrogen-bond donors (Lipinski definition) is 0. The van der Waals surface area contributed by atoms with Crippen molar-refractivity contribution in [3.63, 3.8) is 0 Å². The minimum Gasteiger partial charge on any atom is -0.377 e. The molecule has 0 amide bonds. The van der Waals surface area contributed by atoms with Crippen LogP contribution in [0.2, 0.25) is 0 Å². The average Bonchev–Trinajstić information content (AvgIpc) is 2.34. The van der Waals surface area contributed by atoms with Gasteiger partial charge in [0, 0.05) is 11.9 Å². The van der Waals surface area contributed by atoms with E-state index in [0.29, 0.717) is 0 Å². The summed E-state index contributed by atoms with van der Waals surface area (Å²) in [5, 5.41) is 1.10. The van der Waals surface area contributed by atoms with Crippen LogP contribution in [0.25, 0.3) is 0 Å². The maximum atomic E-state index is 5.68. The average molecular weight is 299 g/mol. The van der Waals surface area contributed by atoms with Gasteiger partial charge in [-0.25, -0.2) is 0 Å². The van der Waals surface area contributed by atoms with Crippen LogP contribution in [-0.4, -0.2) is 11.9 Å². The molecule has 0 aliphatic heterocycles. The number of halogens is 1. The molecule has 0 spiro atoms. The van der Waals surface area contributed by atoms with Crippen molar-refractivity contribution in [2.45, 2.75) is 33.3 Å². The standard InChI is InChI=1S/C15H23BrO/c1-13(2)15(11-16)9-6-10-17-12-14-7-4-3-5-8-14/h3-5,7-8,13,15H,6,9-12H2,1-2H3. The van der Waals surface area contributed by atoms with Gasteiger partial charge in [0.15, 0.2) is 0 Å². The lowest BCUT2D eigenvalue weighted by molar-refractivity contribution is 0.113. The third-order valence-electron chi connectivity index (χ3n) is 3.12. The predicted molar refractivity (Wildman–Crippen MR) is 77.5 cm³/mol. The van der Waals surface area contributed by atoms with E-state index in [1.165, 1.54) is 12.0 Å². The molecule has 0 bridgehead atoms. The molecule has 0 saturated heterocycles. The van der Waals surface area contributed by atoms with Gasteiger partial charge < -0.3 is 4.74 Å². The third-order valence-corrected chi connectivity index (χ3v) is 3.95. The van der Waals surface area contributed by atoms with Crippen LogP contribution in [0, 0.1) is 11.8 Å². The highest BCUT2D eigenvalue weighted by Crippen LogP contribution is 2.19. The minimum absolute atomic E-state index is 0.738. The molecule has 0 saturated carbocycles. The molecule has 2 heteroatoms. The largest absolute Gasteiger partial charge is 0.377 e. The zero-order chi connectivity index (χ0) is 12.5. The monoisotopic (exact) mass is 298 g/mol. The minimum atomic E-state index is 0.738. The van der Waals surface area contributed by atoms with Crippen LogP contribution < -0.4 is 0 Å². The predicted octanol–water partition coefficient (Wildman–Crippen LogP) is 4.65. The van der Waals surface area contributed by atoms with Crippen LogP contribution in [0.5, 0.6) is 0 Å². The molecule has 1 unspecified atom stereocenters. The number of rotatable bonds is 8. The lowest BCUT2D eigenvalue weighted by Crippen LogP contribution is -2.11. The molecule has 1 atom stereocenters. The SMILES string of the molecule is CC(C)C(CBr)CCCOCc1ccccc1. The molecule has 1 rings (SSSR count). The van der Waals surface area contributed by atoms with Crippen molar-refractivity contribution in [3.8, 4) is 0 Å². The van der Waals surface area contributed by atoms with Crippen molar-refractivity contribution >= 4 is 15.9 Å². The van der Waals surface area contributed by atoms with Crippen molar-refractivity contribution in [2.24, 2.45) is 11.8 Å². The first kappa shape index (κ1) is 14.7. The molecule has 0 fully saturated rings. The first-order valence-electron chi connectivity index (χ1n) is 6.41. The van der Waals surface area contributed by atoms with E-state index in [0.717, 1.165) is 36.8 Å². The Morgan fingerprint density at radius 3 is 2.47 bits per heavy atom. The molecular weight excluding hydrogens is 276 g/mol. The summed E-state index contributed by atoms with van der Waals surface area (Å²) < 4.78 is 5.68. The van der Waals surface area contributed by atoms with Gasteiger partial charge in [-0.05, 0) is 30.2 Å². The van der Waals surface area contributed by atoms with Gasteiger partial charge in [0.2, 0.25) is 0 Å². The van der Waals surface area contributed by atoms with Gasteiger partial charge in [0.25, 0.3) is 0 Å². The fourth-order valence-corrected chi connectivity index (χ4v) is 2.87. The van der Waals surface area contributed by atoms with E-state index in [4.69, 9.17) is 4.74 Å². The molecule has 1 aromatic rings. The summed E-state index contributed by atoms with van der Waals surface area (Å²) in [5.41, 5.74) is 1.26. The fraction of sp³-hybridized carbons (Fsp3) is 0.600. The van der Waals surface area contributed by atoms with E-state index in [9.17, 15) is 0 Å². The fourth-order valence-electron chi connectivity index (χ4n) is 1.80. The van der Waals surface area contributed by atoms with Crippen molar-refractivity contribution < 1.29 is 4.74 Å². The van der Waals surface area contributed by atoms with Crippen LogP contribution >= 0.6 is 15.9 Å². The molecule has 17 heavy (non-hydrogen) atoms. The smallest absolute Gasteiger partial charge is 0.0716 e. The van der Waals surface area contributed by atoms with Crippen LogP contribution in [0.3, 0.4) is 0 Å². The molecule has 1 aromatic carbocycles. The van der Waals surface area contributed by atoms with Crippen molar-refractivity contribution in [1.82, 2.24) is 0 Å². The number of alkyl halides is 1. The van der Waals surface area contributed by atoms with Crippen LogP contribution in [0.15, 0.2) is 30.3 Å². The Hall–Kier alpha value is -0.340. The van der Waals surface area contributed by atoms with E-state index in [1.807, 2.05) is 6.07 Å². The Labute approximate surface area is 114 Å². The van der Waals surface area contributed by atoms with E-state index < -0.39 is 0 Å². The number of hydrogen-bond acceptors (Lipinski definition) is 1. The second-order valence-electron chi connectivity index (χ2n) is 4.84. The lowest BCUT2D eigenvalue weighted by atomic mass is 9.93. The van der Waals surface area contributed by atoms with Crippen molar-refractivity contribution in [1.29, 1.82) is 0 Å². The van der Waals surface area contributed by atoms with E-state index >= 15 is 0 Å². The Bertz CT molecular complexity index is 284. The molecular formula is C15H23BrO. The maximum Gasteiger partial charge on any atom is 0.0716 e. The molecule has 0 aromatic heterocycles. The molecule has 0 radical (unpaired) electrons. The summed E-state index contributed by atoms with van der Waals surface area (Å²) >= 11 is 3.58. The second-order valence-corrected chi connectivity index (χ2v) is 5.49. The maximum absolute atomic E-state index is 5.68. The van der Waals surface area contributed by atoms with Gasteiger partial charge in [-0.1, -0.05) is 60.1 Å². The highest BCUT2D eigenvalue weighted by atomic mass is 79.9. The van der Waals surface area contributed by atoms with Gasteiger partial charge in [-0.3, -0.25) is 0 Å². The zero-order valence-corrected chi connectivity index (χ0v) is 12.4. The van der Waals surface area contributed by atoms with Gasteiger partial charge in [0.1, 0.15) is 0 Å². The highest BCUT2D eigenvalue weighted by molar-refractivity contribution is 9.09. The first-order valence-corrected chi connectivity index (χ1v) is 7.53. The number of ether oxygens (including phenoxy) is 1. The molecule has 0 aliphatic carbocycles. The van der Waals surface area contributed by atoms with E-state index in [2.05, 4.69) is 54.0 Å². The van der Waals surface area contributed by atoms with Crippen molar-refractivity contribution in [3.05, 3.63) is 35.9 Å². The Kier molecular flexibility index (Phi) is 7.54. The quantitative estimate of drug-likeness (QED) is 0.501. The summed E-state index contributed by atoms with van der Waals surface area (Å²) in [5.74, 6) is 1.53. The second kappa shape index (κ2) is 8.71. The van der Waals surface area contributed by atoms with Crippen LogP contribution in [-0.2, 0) is 11.3 Å². The Balaban J connectivity index is 2.08. The van der Waals surface area contributed by atoms with Gasteiger partial charge >= 0.3 is 0 Å². The Morgan fingerprint density at radius 2 is 1.88 bits per heavy atom. The van der Waals surface area contributed by atoms with Gasteiger partial charge in [-0.15, -0.1) is 0 Å². The topological polar surface area (TPSA) is 9.23 Å². The molecule has 0 heterocycles. The van der Waals surface area contributed by atoms with Crippen LogP contribution in [0.1, 0.15) is 32.3 Å². The highest BCUT2D eigenvalue weighted by Gasteiger charge is 2.10. The molecule has 1 nitrogen and oxygen atoms in total. The zero-order valence-electron chi connectivity index (χ0n) is 10.9. The molecule has 0 aliphatic rings. The van der Waals surface area contributed by atoms with E-state index in [1.54, 1.807) is 0 Å². The normalized spacial score (nSPS) is 12.9. The first-order chi connectivity index (χ1) is 8.24. The summed E-state index contributed by atoms with van der Waals surface area (Å²) in [7, 11) is 0. The number of benzene rings is 1. The Morgan fingerprint density at radius 1 is 1.18 bits per heavy atom. The van der Waals surface area contributed by atoms with Gasteiger partial charge in [-0.2, -0.15) is 0 Å². The third kappa shape index (κ3) is 6.23. The summed E-state index contributed by atoms with van der Waals surface area (Å²) in [4.78, 5) is 0.